The molecule has 6 nitrogen and oxygen atoms in total. The van der Waals surface area contributed by atoms with Crippen molar-refractivity contribution in [3.63, 3.8) is 0 Å². The predicted octanol–water partition coefficient (Wildman–Crippen LogP) is 4.16. The Morgan fingerprint density at radius 2 is 1.90 bits per heavy atom. The second kappa shape index (κ2) is 15.4. The highest BCUT2D eigenvalue weighted by atomic mass is 127. The summed E-state index contributed by atoms with van der Waals surface area (Å²) in [6.07, 6.45) is 7.05. The first kappa shape index (κ1) is 27.7. The summed E-state index contributed by atoms with van der Waals surface area (Å²) in [5.41, 5.74) is 0.708. The molecule has 1 unspecified atom stereocenters. The van der Waals surface area contributed by atoms with Gasteiger partial charge in [0.1, 0.15) is 5.75 Å². The maximum absolute atomic E-state index is 12.7. The van der Waals surface area contributed by atoms with Crippen LogP contribution < -0.4 is 20.3 Å². The number of halogens is 3. The zero-order chi connectivity index (χ0) is 21.8. The van der Waals surface area contributed by atoms with E-state index < -0.39 is 6.61 Å². The van der Waals surface area contributed by atoms with Crippen LogP contribution in [0.25, 0.3) is 0 Å². The molecule has 0 aliphatic carbocycles. The molecule has 1 fully saturated rings. The first-order chi connectivity index (χ1) is 14.5. The lowest BCUT2D eigenvalue weighted by Gasteiger charge is -2.22. The Morgan fingerprint density at radius 1 is 1.19 bits per heavy atom. The summed E-state index contributed by atoms with van der Waals surface area (Å²) < 4.78 is 30.0. The molecular weight excluding hydrogens is 515 g/mol. The molecule has 2 rings (SSSR count). The maximum atomic E-state index is 12.7. The van der Waals surface area contributed by atoms with Gasteiger partial charge in [0.25, 0.3) is 0 Å². The molecule has 1 atom stereocenters. The third kappa shape index (κ3) is 10.7. The molecule has 178 valence electrons. The second-order valence-corrected chi connectivity index (χ2v) is 7.99. The van der Waals surface area contributed by atoms with Crippen LogP contribution in [0.3, 0.4) is 0 Å². The van der Waals surface area contributed by atoms with Gasteiger partial charge < -0.3 is 25.2 Å². The fraction of sp³-hybridized carbons (Fsp3) is 0.682. The van der Waals surface area contributed by atoms with Crippen LogP contribution >= 0.6 is 24.0 Å². The number of ether oxygens (including phenoxy) is 1. The number of unbranched alkanes of at least 4 members (excludes halogenated alkanes) is 4. The number of alkyl halides is 2. The minimum atomic E-state index is -2.82. The van der Waals surface area contributed by atoms with Gasteiger partial charge in [-0.2, -0.15) is 8.78 Å². The van der Waals surface area contributed by atoms with E-state index in [1.54, 1.807) is 19.2 Å². The van der Waals surface area contributed by atoms with E-state index in [2.05, 4.69) is 44.3 Å². The number of para-hydroxylation sites is 2. The third-order valence-corrected chi connectivity index (χ3v) is 5.25. The molecule has 0 radical (unpaired) electrons. The Kier molecular flexibility index (Phi) is 13.8. The summed E-state index contributed by atoms with van der Waals surface area (Å²) in [7, 11) is 6.00. The van der Waals surface area contributed by atoms with Crippen molar-refractivity contribution in [3.05, 3.63) is 24.3 Å². The fourth-order valence-corrected chi connectivity index (χ4v) is 3.69. The highest BCUT2D eigenvalue weighted by Crippen LogP contribution is 2.31. The molecule has 9 heteroatoms. The number of nitrogens with zero attached hydrogens (tertiary/aromatic N) is 3. The van der Waals surface area contributed by atoms with Gasteiger partial charge in [0, 0.05) is 32.7 Å². The zero-order valence-corrected chi connectivity index (χ0v) is 21.3. The Labute approximate surface area is 202 Å². The van der Waals surface area contributed by atoms with E-state index in [-0.39, 0.29) is 35.8 Å². The molecule has 2 N–H and O–H groups in total. The molecule has 0 saturated carbocycles. The number of rotatable bonds is 12. The minimum Gasteiger partial charge on any atom is -0.433 e. The molecule has 1 saturated heterocycles. The van der Waals surface area contributed by atoms with Crippen LogP contribution in [0.2, 0.25) is 0 Å². The molecule has 1 aromatic rings. The highest BCUT2D eigenvalue weighted by Gasteiger charge is 2.25. The Balaban J connectivity index is 0.00000480. The molecule has 0 spiro atoms. The van der Waals surface area contributed by atoms with Crippen LogP contribution in [0, 0.1) is 0 Å². The fourth-order valence-electron chi connectivity index (χ4n) is 3.69. The SMILES string of the molecule is CN=C(NCCCCCCCN(C)C)NC1CCN(c2ccccc2OC(F)F)C1.I. The van der Waals surface area contributed by atoms with Crippen molar-refractivity contribution >= 4 is 35.6 Å². The minimum absolute atomic E-state index is 0. The van der Waals surface area contributed by atoms with E-state index in [1.165, 1.54) is 25.7 Å². The molecule has 1 heterocycles. The van der Waals surface area contributed by atoms with E-state index in [1.807, 2.05) is 12.1 Å². The summed E-state index contributed by atoms with van der Waals surface area (Å²) in [6.45, 7) is 0.737. The Morgan fingerprint density at radius 3 is 2.61 bits per heavy atom. The van der Waals surface area contributed by atoms with E-state index in [0.717, 1.165) is 45.0 Å². The number of aliphatic imine (C=N–C) groups is 1. The summed E-state index contributed by atoms with van der Waals surface area (Å²) >= 11 is 0. The number of benzene rings is 1. The van der Waals surface area contributed by atoms with Gasteiger partial charge >= 0.3 is 6.61 Å². The van der Waals surface area contributed by atoms with Crippen molar-refractivity contribution in [2.75, 3.05) is 52.2 Å². The van der Waals surface area contributed by atoms with Crippen molar-refractivity contribution in [3.8, 4) is 5.75 Å². The molecule has 1 aliphatic heterocycles. The smallest absolute Gasteiger partial charge is 0.387 e. The van der Waals surface area contributed by atoms with Gasteiger partial charge in [0.05, 0.1) is 5.69 Å². The number of hydrogen-bond donors (Lipinski definition) is 2. The van der Waals surface area contributed by atoms with E-state index in [0.29, 0.717) is 5.69 Å². The Bertz CT molecular complexity index is 648. The van der Waals surface area contributed by atoms with Gasteiger partial charge in [-0.05, 0) is 52.0 Å². The first-order valence-corrected chi connectivity index (χ1v) is 10.9. The van der Waals surface area contributed by atoms with Gasteiger partial charge in [-0.25, -0.2) is 0 Å². The number of hydrogen-bond acceptors (Lipinski definition) is 4. The van der Waals surface area contributed by atoms with Crippen LogP contribution in [0.4, 0.5) is 14.5 Å². The van der Waals surface area contributed by atoms with Crippen LogP contribution in [-0.4, -0.2) is 70.8 Å². The molecule has 0 bridgehead atoms. The molecule has 1 aromatic carbocycles. The lowest BCUT2D eigenvalue weighted by molar-refractivity contribution is -0.0495. The first-order valence-electron chi connectivity index (χ1n) is 10.9. The van der Waals surface area contributed by atoms with Crippen LogP contribution in [-0.2, 0) is 0 Å². The van der Waals surface area contributed by atoms with Crippen LogP contribution in [0.1, 0.15) is 38.5 Å². The summed E-state index contributed by atoms with van der Waals surface area (Å²) in [5, 5.41) is 6.84. The summed E-state index contributed by atoms with van der Waals surface area (Å²) in [6, 6.07) is 7.17. The average molecular weight is 553 g/mol. The normalized spacial score (nSPS) is 16.5. The quantitative estimate of drug-likeness (QED) is 0.176. The van der Waals surface area contributed by atoms with Crippen molar-refractivity contribution in [1.29, 1.82) is 0 Å². The molecule has 31 heavy (non-hydrogen) atoms. The van der Waals surface area contributed by atoms with Crippen LogP contribution in [0.15, 0.2) is 29.3 Å². The second-order valence-electron chi connectivity index (χ2n) is 7.99. The predicted molar refractivity (Wildman–Crippen MR) is 135 cm³/mol. The zero-order valence-electron chi connectivity index (χ0n) is 18.9. The van der Waals surface area contributed by atoms with Gasteiger partial charge in [-0.3, -0.25) is 4.99 Å². The lowest BCUT2D eigenvalue weighted by Crippen LogP contribution is -2.44. The van der Waals surface area contributed by atoms with Crippen molar-refractivity contribution in [1.82, 2.24) is 15.5 Å². The van der Waals surface area contributed by atoms with Crippen molar-refractivity contribution in [2.24, 2.45) is 4.99 Å². The van der Waals surface area contributed by atoms with Gasteiger partial charge in [0.15, 0.2) is 5.96 Å². The largest absolute Gasteiger partial charge is 0.433 e. The molecule has 1 aliphatic rings. The van der Waals surface area contributed by atoms with Crippen molar-refractivity contribution < 1.29 is 13.5 Å². The molecule has 0 aromatic heterocycles. The standard InChI is InChI=1S/C22H37F2N5O.HI/c1-25-22(26-14-9-5-4-6-10-15-28(2)3)27-18-13-16-29(17-18)19-11-7-8-12-20(19)30-21(23)24;/h7-8,11-12,18,21H,4-6,9-10,13-17H2,1-3H3,(H2,25,26,27);1H. The molecular formula is C22H38F2IN5O. The number of guanidine groups is 1. The lowest BCUT2D eigenvalue weighted by atomic mass is 10.1. The summed E-state index contributed by atoms with van der Waals surface area (Å²) in [5.74, 6) is 1.02. The maximum Gasteiger partial charge on any atom is 0.387 e. The van der Waals surface area contributed by atoms with Crippen LogP contribution in [0.5, 0.6) is 5.75 Å². The highest BCUT2D eigenvalue weighted by molar-refractivity contribution is 14.0. The Hall–Kier alpha value is -1.36. The van der Waals surface area contributed by atoms with Crippen molar-refractivity contribution in [2.45, 2.75) is 51.2 Å². The topological polar surface area (TPSA) is 52.1 Å². The van der Waals surface area contributed by atoms with E-state index >= 15 is 0 Å². The van der Waals surface area contributed by atoms with Gasteiger partial charge in [0.2, 0.25) is 0 Å². The number of anilines is 1. The molecule has 0 amide bonds. The van der Waals surface area contributed by atoms with Gasteiger partial charge in [-0.1, -0.05) is 31.4 Å². The van der Waals surface area contributed by atoms with Gasteiger partial charge in [-0.15, -0.1) is 24.0 Å². The average Bonchev–Trinajstić information content (AvgIpc) is 3.17. The summed E-state index contributed by atoms with van der Waals surface area (Å²) in [4.78, 5) is 8.63. The number of nitrogens with one attached hydrogen (secondary N) is 2. The monoisotopic (exact) mass is 553 g/mol. The van der Waals surface area contributed by atoms with E-state index in [4.69, 9.17) is 0 Å². The van der Waals surface area contributed by atoms with E-state index in [9.17, 15) is 8.78 Å². The third-order valence-electron chi connectivity index (χ3n) is 5.25.